The Morgan fingerprint density at radius 3 is 2.32 bits per heavy atom. The molecule has 0 fully saturated rings. The maximum atomic E-state index is 13.1. The number of rotatable bonds is 3. The Morgan fingerprint density at radius 2 is 1.68 bits per heavy atom. The van der Waals surface area contributed by atoms with Gasteiger partial charge in [-0.05, 0) is 44.0 Å². The van der Waals surface area contributed by atoms with E-state index in [0.717, 1.165) is 11.6 Å². The largest absolute Gasteiger partial charge is 0.378 e. The molecule has 1 atom stereocenters. The third kappa shape index (κ3) is 3.11. The SMILES string of the molecule is Cc1ccc(C(C)Nc2ccc(F)c(F)c2)c(C)c1. The lowest BCUT2D eigenvalue weighted by molar-refractivity contribution is 0.509. The Hall–Kier alpha value is -1.90. The van der Waals surface area contributed by atoms with Gasteiger partial charge in [-0.2, -0.15) is 0 Å². The standard InChI is InChI=1S/C16H17F2N/c1-10-4-6-14(11(2)8-10)12(3)19-13-5-7-15(17)16(18)9-13/h4-9,12,19H,1-3H3. The molecular formula is C16H17F2N. The fourth-order valence-corrected chi connectivity index (χ4v) is 2.23. The van der Waals surface area contributed by atoms with Crippen molar-refractivity contribution in [2.24, 2.45) is 0 Å². The van der Waals surface area contributed by atoms with Gasteiger partial charge in [0, 0.05) is 17.8 Å². The molecule has 0 aliphatic carbocycles. The molecule has 2 aromatic carbocycles. The normalized spacial score (nSPS) is 12.3. The summed E-state index contributed by atoms with van der Waals surface area (Å²) in [5, 5.41) is 3.18. The lowest BCUT2D eigenvalue weighted by atomic mass is 10.00. The van der Waals surface area contributed by atoms with E-state index in [9.17, 15) is 8.78 Å². The van der Waals surface area contributed by atoms with Crippen molar-refractivity contribution in [3.8, 4) is 0 Å². The summed E-state index contributed by atoms with van der Waals surface area (Å²) < 4.78 is 26.0. The van der Waals surface area contributed by atoms with Gasteiger partial charge in [-0.1, -0.05) is 23.8 Å². The smallest absolute Gasteiger partial charge is 0.160 e. The lowest BCUT2D eigenvalue weighted by Crippen LogP contribution is -2.08. The monoisotopic (exact) mass is 261 g/mol. The molecule has 0 heterocycles. The average molecular weight is 261 g/mol. The summed E-state index contributed by atoms with van der Waals surface area (Å²) in [4.78, 5) is 0. The molecule has 2 aromatic rings. The minimum absolute atomic E-state index is 0.0328. The summed E-state index contributed by atoms with van der Waals surface area (Å²) in [6.45, 7) is 6.09. The van der Waals surface area contributed by atoms with Gasteiger partial charge in [0.1, 0.15) is 0 Å². The van der Waals surface area contributed by atoms with Crippen LogP contribution >= 0.6 is 0 Å². The summed E-state index contributed by atoms with van der Waals surface area (Å²) in [6, 6.07) is 10.1. The first-order valence-corrected chi connectivity index (χ1v) is 6.26. The van der Waals surface area contributed by atoms with Crippen LogP contribution in [0.2, 0.25) is 0 Å². The van der Waals surface area contributed by atoms with Gasteiger partial charge in [0.25, 0.3) is 0 Å². The minimum Gasteiger partial charge on any atom is -0.378 e. The Kier molecular flexibility index (Phi) is 3.84. The molecule has 0 amide bonds. The molecule has 100 valence electrons. The maximum absolute atomic E-state index is 13.1. The molecule has 3 heteroatoms. The van der Waals surface area contributed by atoms with Crippen LogP contribution in [0.1, 0.15) is 29.7 Å². The molecule has 0 aromatic heterocycles. The zero-order valence-corrected chi connectivity index (χ0v) is 11.3. The van der Waals surface area contributed by atoms with Crippen LogP contribution in [0.25, 0.3) is 0 Å². The minimum atomic E-state index is -0.835. The highest BCUT2D eigenvalue weighted by atomic mass is 19.2. The zero-order valence-electron chi connectivity index (χ0n) is 11.3. The van der Waals surface area contributed by atoms with Gasteiger partial charge < -0.3 is 5.32 Å². The first-order valence-electron chi connectivity index (χ1n) is 6.26. The van der Waals surface area contributed by atoms with E-state index in [2.05, 4.69) is 17.4 Å². The van der Waals surface area contributed by atoms with Crippen LogP contribution in [0.5, 0.6) is 0 Å². The third-order valence-corrected chi connectivity index (χ3v) is 3.19. The predicted octanol–water partition coefficient (Wildman–Crippen LogP) is 4.75. The van der Waals surface area contributed by atoms with Gasteiger partial charge >= 0.3 is 0 Å². The van der Waals surface area contributed by atoms with E-state index >= 15 is 0 Å². The van der Waals surface area contributed by atoms with Gasteiger partial charge in [-0.25, -0.2) is 8.78 Å². The highest BCUT2D eigenvalue weighted by Crippen LogP contribution is 2.23. The van der Waals surface area contributed by atoms with E-state index in [1.54, 1.807) is 6.07 Å². The average Bonchev–Trinajstić information content (AvgIpc) is 2.33. The summed E-state index contributed by atoms with van der Waals surface area (Å²) >= 11 is 0. The van der Waals surface area contributed by atoms with Gasteiger partial charge in [0.05, 0.1) is 0 Å². The molecule has 0 radical (unpaired) electrons. The summed E-state index contributed by atoms with van der Waals surface area (Å²) in [5.74, 6) is -1.66. The summed E-state index contributed by atoms with van der Waals surface area (Å²) in [5.41, 5.74) is 4.12. The number of halogens is 2. The summed E-state index contributed by atoms with van der Waals surface area (Å²) in [6.07, 6.45) is 0. The van der Waals surface area contributed by atoms with Crippen LogP contribution in [0.15, 0.2) is 36.4 Å². The van der Waals surface area contributed by atoms with Gasteiger partial charge in [0.2, 0.25) is 0 Å². The number of hydrogen-bond donors (Lipinski definition) is 1. The quantitative estimate of drug-likeness (QED) is 0.840. The van der Waals surface area contributed by atoms with Crippen molar-refractivity contribution in [3.05, 3.63) is 64.7 Å². The van der Waals surface area contributed by atoms with Crippen LogP contribution in [-0.2, 0) is 0 Å². The molecule has 0 spiro atoms. The van der Waals surface area contributed by atoms with E-state index in [1.165, 1.54) is 17.2 Å². The second kappa shape index (κ2) is 5.39. The molecule has 0 aliphatic heterocycles. The topological polar surface area (TPSA) is 12.0 Å². The molecule has 19 heavy (non-hydrogen) atoms. The Morgan fingerprint density at radius 1 is 0.947 bits per heavy atom. The van der Waals surface area contributed by atoms with Crippen molar-refractivity contribution in [2.45, 2.75) is 26.8 Å². The molecule has 1 nitrogen and oxygen atoms in total. The van der Waals surface area contributed by atoms with Gasteiger partial charge in [-0.3, -0.25) is 0 Å². The molecule has 2 rings (SSSR count). The number of anilines is 1. The number of hydrogen-bond acceptors (Lipinski definition) is 1. The first kappa shape index (κ1) is 13.5. The van der Waals surface area contributed by atoms with E-state index < -0.39 is 11.6 Å². The molecule has 0 bridgehead atoms. The van der Waals surface area contributed by atoms with Crippen molar-refractivity contribution in [1.29, 1.82) is 0 Å². The van der Waals surface area contributed by atoms with Crippen molar-refractivity contribution in [2.75, 3.05) is 5.32 Å². The van der Waals surface area contributed by atoms with E-state index in [-0.39, 0.29) is 6.04 Å². The first-order chi connectivity index (χ1) is 8.97. The molecular weight excluding hydrogens is 244 g/mol. The molecule has 1 unspecified atom stereocenters. The van der Waals surface area contributed by atoms with Crippen molar-refractivity contribution in [3.63, 3.8) is 0 Å². The Bertz CT molecular complexity index is 593. The van der Waals surface area contributed by atoms with Crippen molar-refractivity contribution >= 4 is 5.69 Å². The van der Waals surface area contributed by atoms with Crippen LogP contribution in [-0.4, -0.2) is 0 Å². The molecule has 0 saturated carbocycles. The molecule has 0 saturated heterocycles. The van der Waals surface area contributed by atoms with Crippen LogP contribution < -0.4 is 5.32 Å². The highest BCUT2D eigenvalue weighted by molar-refractivity contribution is 5.47. The zero-order chi connectivity index (χ0) is 14.0. The maximum Gasteiger partial charge on any atom is 0.160 e. The van der Waals surface area contributed by atoms with Gasteiger partial charge in [0.15, 0.2) is 11.6 Å². The highest BCUT2D eigenvalue weighted by Gasteiger charge is 2.09. The van der Waals surface area contributed by atoms with Crippen LogP contribution in [0.4, 0.5) is 14.5 Å². The predicted molar refractivity (Wildman–Crippen MR) is 74.3 cm³/mol. The van der Waals surface area contributed by atoms with Gasteiger partial charge in [-0.15, -0.1) is 0 Å². The second-order valence-electron chi connectivity index (χ2n) is 4.85. The second-order valence-corrected chi connectivity index (χ2v) is 4.85. The summed E-state index contributed by atoms with van der Waals surface area (Å²) in [7, 11) is 0. The third-order valence-electron chi connectivity index (χ3n) is 3.19. The Balaban J connectivity index is 2.20. The molecule has 1 N–H and O–H groups in total. The Labute approximate surface area is 112 Å². The van der Waals surface area contributed by atoms with Crippen LogP contribution in [0, 0.1) is 25.5 Å². The number of benzene rings is 2. The van der Waals surface area contributed by atoms with E-state index in [4.69, 9.17) is 0 Å². The molecule has 0 aliphatic rings. The fourth-order valence-electron chi connectivity index (χ4n) is 2.23. The van der Waals surface area contributed by atoms with Crippen molar-refractivity contribution in [1.82, 2.24) is 0 Å². The van der Waals surface area contributed by atoms with Crippen LogP contribution in [0.3, 0.4) is 0 Å². The number of nitrogens with one attached hydrogen (secondary N) is 1. The van der Waals surface area contributed by atoms with E-state index in [1.807, 2.05) is 26.8 Å². The fraction of sp³-hybridized carbons (Fsp3) is 0.250. The lowest BCUT2D eigenvalue weighted by Gasteiger charge is -2.18. The van der Waals surface area contributed by atoms with Crippen molar-refractivity contribution < 1.29 is 8.78 Å². The van der Waals surface area contributed by atoms with E-state index in [0.29, 0.717) is 5.69 Å². The number of aryl methyl sites for hydroxylation is 2.